The third kappa shape index (κ3) is 5.21. The number of benzene rings is 1. The standard InChI is InChI=1S/C21H27N5O5/c22-14(10-12-11-24-15-5-2-1-4-13(12)15)19(28)25-16(7-8-18(23)27)20(29)26-9-3-6-17(26)21(30)31/h1-2,4-5,11,14,16-17,24H,3,6-10,22H2,(H2,23,27)(H,25,28)(H,30,31). The molecule has 2 heterocycles. The average molecular weight is 429 g/mol. The molecule has 2 aromatic rings. The van der Waals surface area contributed by atoms with Crippen molar-refractivity contribution in [2.75, 3.05) is 6.54 Å². The number of hydrogen-bond acceptors (Lipinski definition) is 5. The number of carbonyl (C=O) groups is 4. The minimum absolute atomic E-state index is 0.0252. The Kier molecular flexibility index (Phi) is 6.91. The smallest absolute Gasteiger partial charge is 0.326 e. The Hall–Kier alpha value is -3.40. The van der Waals surface area contributed by atoms with E-state index in [9.17, 15) is 24.3 Å². The molecule has 0 bridgehead atoms. The second-order valence-corrected chi connectivity index (χ2v) is 7.76. The molecule has 0 spiro atoms. The molecule has 10 nitrogen and oxygen atoms in total. The molecule has 3 rings (SSSR count). The first kappa shape index (κ1) is 22.3. The molecule has 10 heteroatoms. The zero-order valence-corrected chi connectivity index (χ0v) is 17.0. The van der Waals surface area contributed by atoms with E-state index in [2.05, 4.69) is 10.3 Å². The quantitative estimate of drug-likeness (QED) is 0.371. The highest BCUT2D eigenvalue weighted by molar-refractivity contribution is 5.93. The van der Waals surface area contributed by atoms with Crippen molar-refractivity contribution in [3.63, 3.8) is 0 Å². The summed E-state index contributed by atoms with van der Waals surface area (Å²) in [4.78, 5) is 52.8. The fourth-order valence-corrected chi connectivity index (χ4v) is 3.94. The number of nitrogens with zero attached hydrogens (tertiary/aromatic N) is 1. The lowest BCUT2D eigenvalue weighted by Gasteiger charge is -2.28. The molecule has 1 fully saturated rings. The van der Waals surface area contributed by atoms with E-state index >= 15 is 0 Å². The molecule has 0 radical (unpaired) electrons. The zero-order chi connectivity index (χ0) is 22.5. The van der Waals surface area contributed by atoms with E-state index in [1.54, 1.807) is 6.20 Å². The van der Waals surface area contributed by atoms with Gasteiger partial charge in [0.1, 0.15) is 12.1 Å². The van der Waals surface area contributed by atoms with Gasteiger partial charge in [0.2, 0.25) is 17.7 Å². The fraction of sp³-hybridized carbons (Fsp3) is 0.429. The van der Waals surface area contributed by atoms with Crippen molar-refractivity contribution in [2.24, 2.45) is 11.5 Å². The molecule has 166 valence electrons. The van der Waals surface area contributed by atoms with Crippen LogP contribution in [0, 0.1) is 0 Å². The number of rotatable bonds is 9. The van der Waals surface area contributed by atoms with E-state index in [0.29, 0.717) is 12.8 Å². The van der Waals surface area contributed by atoms with Gasteiger partial charge in [0.15, 0.2) is 0 Å². The first-order chi connectivity index (χ1) is 14.8. The lowest BCUT2D eigenvalue weighted by molar-refractivity contribution is -0.149. The average Bonchev–Trinajstić information content (AvgIpc) is 3.38. The third-order valence-corrected chi connectivity index (χ3v) is 5.57. The van der Waals surface area contributed by atoms with Gasteiger partial charge in [-0.05, 0) is 37.3 Å². The van der Waals surface area contributed by atoms with Crippen molar-refractivity contribution < 1.29 is 24.3 Å². The van der Waals surface area contributed by atoms with Crippen LogP contribution < -0.4 is 16.8 Å². The number of primary amides is 1. The summed E-state index contributed by atoms with van der Waals surface area (Å²) >= 11 is 0. The summed E-state index contributed by atoms with van der Waals surface area (Å²) in [5.41, 5.74) is 13.1. The van der Waals surface area contributed by atoms with Crippen LogP contribution in [0.15, 0.2) is 30.5 Å². The number of amides is 3. The molecule has 1 saturated heterocycles. The number of aromatic amines is 1. The van der Waals surface area contributed by atoms with E-state index in [1.165, 1.54) is 4.90 Å². The highest BCUT2D eigenvalue weighted by atomic mass is 16.4. The highest BCUT2D eigenvalue weighted by Crippen LogP contribution is 2.21. The molecule has 0 saturated carbocycles. The summed E-state index contributed by atoms with van der Waals surface area (Å²) in [5, 5.41) is 12.9. The molecule has 7 N–H and O–H groups in total. The molecule has 0 aliphatic carbocycles. The van der Waals surface area contributed by atoms with Crippen LogP contribution in [0.25, 0.3) is 10.9 Å². The van der Waals surface area contributed by atoms with Gasteiger partial charge in [0.05, 0.1) is 6.04 Å². The first-order valence-electron chi connectivity index (χ1n) is 10.2. The van der Waals surface area contributed by atoms with E-state index in [4.69, 9.17) is 11.5 Å². The molecular formula is C21H27N5O5. The van der Waals surface area contributed by atoms with Crippen molar-refractivity contribution in [1.82, 2.24) is 15.2 Å². The van der Waals surface area contributed by atoms with Gasteiger partial charge in [-0.25, -0.2) is 4.79 Å². The summed E-state index contributed by atoms with van der Waals surface area (Å²) in [5.74, 6) is -2.81. The molecule has 3 atom stereocenters. The molecule has 1 aromatic carbocycles. The predicted octanol–water partition coefficient (Wildman–Crippen LogP) is -0.136. The number of aromatic nitrogens is 1. The summed E-state index contributed by atoms with van der Waals surface area (Å²) in [6.07, 6.45) is 2.78. The maximum absolute atomic E-state index is 13.0. The van der Waals surface area contributed by atoms with Crippen molar-refractivity contribution in [3.05, 3.63) is 36.0 Å². The lowest BCUT2D eigenvalue weighted by Crippen LogP contribution is -2.55. The highest BCUT2D eigenvalue weighted by Gasteiger charge is 2.38. The van der Waals surface area contributed by atoms with Crippen molar-refractivity contribution in [2.45, 2.75) is 50.2 Å². The molecule has 3 amide bonds. The molecule has 3 unspecified atom stereocenters. The molecule has 31 heavy (non-hydrogen) atoms. The SMILES string of the molecule is NC(=O)CCC(NC(=O)C(N)Cc1c[nH]c2ccccc12)C(=O)N1CCCC1C(=O)O. The van der Waals surface area contributed by atoms with Crippen LogP contribution in [0.3, 0.4) is 0 Å². The lowest BCUT2D eigenvalue weighted by atomic mass is 10.0. The normalized spacial score (nSPS) is 18.0. The van der Waals surface area contributed by atoms with Crippen molar-refractivity contribution >= 4 is 34.6 Å². The summed E-state index contributed by atoms with van der Waals surface area (Å²) in [6, 6.07) is 4.67. The van der Waals surface area contributed by atoms with E-state index in [-0.39, 0.29) is 25.8 Å². The summed E-state index contributed by atoms with van der Waals surface area (Å²) < 4.78 is 0. The maximum Gasteiger partial charge on any atom is 0.326 e. The third-order valence-electron chi connectivity index (χ3n) is 5.57. The first-order valence-corrected chi connectivity index (χ1v) is 10.2. The molecule has 1 aromatic heterocycles. The predicted molar refractivity (Wildman–Crippen MR) is 113 cm³/mol. The van der Waals surface area contributed by atoms with Gasteiger partial charge in [-0.1, -0.05) is 18.2 Å². The second kappa shape index (κ2) is 9.61. The minimum atomic E-state index is -1.10. The van der Waals surface area contributed by atoms with Crippen molar-refractivity contribution in [3.8, 4) is 0 Å². The van der Waals surface area contributed by atoms with E-state index in [1.807, 2.05) is 24.3 Å². The van der Waals surface area contributed by atoms with Crippen molar-refractivity contribution in [1.29, 1.82) is 0 Å². The number of nitrogens with two attached hydrogens (primary N) is 2. The zero-order valence-electron chi connectivity index (χ0n) is 17.0. The van der Waals surface area contributed by atoms with Gasteiger partial charge in [0.25, 0.3) is 0 Å². The van der Waals surface area contributed by atoms with Crippen LogP contribution in [0.4, 0.5) is 0 Å². The van der Waals surface area contributed by atoms with Crippen LogP contribution in [-0.4, -0.2) is 63.4 Å². The van der Waals surface area contributed by atoms with E-state index < -0.39 is 41.8 Å². The van der Waals surface area contributed by atoms with Gasteiger partial charge < -0.3 is 31.8 Å². The number of carboxylic acid groups (broad SMARTS) is 1. The number of fused-ring (bicyclic) bond motifs is 1. The maximum atomic E-state index is 13.0. The van der Waals surface area contributed by atoms with Gasteiger partial charge in [0, 0.05) is 30.1 Å². The van der Waals surface area contributed by atoms with Crippen LogP contribution >= 0.6 is 0 Å². The van der Waals surface area contributed by atoms with Crippen LogP contribution in [0.5, 0.6) is 0 Å². The number of hydrogen-bond donors (Lipinski definition) is 5. The number of aliphatic carboxylic acids is 1. The number of H-pyrrole nitrogens is 1. The Morgan fingerprint density at radius 2 is 2.00 bits per heavy atom. The number of para-hydroxylation sites is 1. The van der Waals surface area contributed by atoms with Crippen LogP contribution in [0.1, 0.15) is 31.2 Å². The minimum Gasteiger partial charge on any atom is -0.480 e. The largest absolute Gasteiger partial charge is 0.480 e. The van der Waals surface area contributed by atoms with Gasteiger partial charge >= 0.3 is 5.97 Å². The summed E-state index contributed by atoms with van der Waals surface area (Å²) in [7, 11) is 0. The Balaban J connectivity index is 1.70. The molecular weight excluding hydrogens is 402 g/mol. The number of nitrogens with one attached hydrogen (secondary N) is 2. The number of carboxylic acids is 1. The molecule has 1 aliphatic heterocycles. The van der Waals surface area contributed by atoms with Gasteiger partial charge in [-0.2, -0.15) is 0 Å². The van der Waals surface area contributed by atoms with Crippen LogP contribution in [0.2, 0.25) is 0 Å². The van der Waals surface area contributed by atoms with Gasteiger partial charge in [-0.3, -0.25) is 14.4 Å². The fourth-order valence-electron chi connectivity index (χ4n) is 3.94. The monoisotopic (exact) mass is 429 g/mol. The summed E-state index contributed by atoms with van der Waals surface area (Å²) in [6.45, 7) is 0.278. The van der Waals surface area contributed by atoms with Gasteiger partial charge in [-0.15, -0.1) is 0 Å². The van der Waals surface area contributed by atoms with Crippen LogP contribution in [-0.2, 0) is 25.6 Å². The number of carbonyl (C=O) groups excluding carboxylic acids is 3. The Morgan fingerprint density at radius 3 is 2.71 bits per heavy atom. The molecule has 1 aliphatic rings. The topological polar surface area (TPSA) is 172 Å². The number of likely N-dealkylation sites (tertiary alicyclic amines) is 1. The Labute approximate surface area is 178 Å². The second-order valence-electron chi connectivity index (χ2n) is 7.76. The Morgan fingerprint density at radius 1 is 1.26 bits per heavy atom. The van der Waals surface area contributed by atoms with E-state index in [0.717, 1.165) is 16.5 Å². The Bertz CT molecular complexity index is 987.